The van der Waals surface area contributed by atoms with Crippen molar-refractivity contribution >= 4 is 0 Å². The zero-order valence-corrected chi connectivity index (χ0v) is 21.9. The second kappa shape index (κ2) is 15.7. The molecule has 0 aromatic heterocycles. The molecule has 0 aliphatic heterocycles. The first-order valence-corrected chi connectivity index (χ1v) is 14.6. The van der Waals surface area contributed by atoms with Gasteiger partial charge in [0, 0.05) is 0 Å². The summed E-state index contributed by atoms with van der Waals surface area (Å²) in [6.07, 6.45) is 24.0. The fourth-order valence-corrected chi connectivity index (χ4v) is 6.32. The Balaban J connectivity index is 1.22. The molecule has 2 saturated carbocycles. The number of ether oxygens (including phenoxy) is 2. The Morgan fingerprint density at radius 2 is 0.970 bits per heavy atom. The van der Waals surface area contributed by atoms with E-state index >= 15 is 0 Å². The molecule has 2 aliphatic carbocycles. The quantitative estimate of drug-likeness (QED) is 0.245. The molecule has 0 amide bonds. The van der Waals surface area contributed by atoms with Gasteiger partial charge in [-0.05, 0) is 92.9 Å². The summed E-state index contributed by atoms with van der Waals surface area (Å²) in [6.45, 7) is 6.21. The van der Waals surface area contributed by atoms with Crippen molar-refractivity contribution in [2.75, 3.05) is 13.2 Å². The molecule has 1 aromatic rings. The maximum atomic E-state index is 6.00. The van der Waals surface area contributed by atoms with E-state index in [2.05, 4.69) is 26.0 Å². The first-order valence-electron chi connectivity index (χ1n) is 14.6. The lowest BCUT2D eigenvalue weighted by atomic mass is 9.68. The van der Waals surface area contributed by atoms with Gasteiger partial charge in [-0.15, -0.1) is 0 Å². The smallest absolute Gasteiger partial charge is 0.119 e. The van der Waals surface area contributed by atoms with E-state index in [1.165, 1.54) is 103 Å². The van der Waals surface area contributed by atoms with Crippen molar-refractivity contribution in [1.82, 2.24) is 0 Å². The van der Waals surface area contributed by atoms with Gasteiger partial charge in [0.1, 0.15) is 11.5 Å². The highest BCUT2D eigenvalue weighted by Gasteiger charge is 2.30. The molecular formula is C31H52O2. The van der Waals surface area contributed by atoms with E-state index in [1.807, 2.05) is 12.1 Å². The van der Waals surface area contributed by atoms with Gasteiger partial charge in [-0.2, -0.15) is 0 Å². The summed E-state index contributed by atoms with van der Waals surface area (Å²) in [5.74, 6) is 6.02. The number of unbranched alkanes of at least 4 members (excludes halogenated alkanes) is 4. The monoisotopic (exact) mass is 456 g/mol. The Morgan fingerprint density at radius 1 is 0.545 bits per heavy atom. The fraction of sp³-hybridized carbons (Fsp3) is 0.806. The molecular weight excluding hydrogens is 404 g/mol. The number of benzene rings is 1. The lowest BCUT2D eigenvalue weighted by molar-refractivity contribution is 0.138. The average molecular weight is 457 g/mol. The molecule has 2 fully saturated rings. The first-order chi connectivity index (χ1) is 16.3. The molecule has 0 radical (unpaired) electrons. The molecule has 2 heteroatoms. The molecule has 0 bridgehead atoms. The van der Waals surface area contributed by atoms with Gasteiger partial charge in [-0.25, -0.2) is 0 Å². The van der Waals surface area contributed by atoms with Crippen LogP contribution >= 0.6 is 0 Å². The topological polar surface area (TPSA) is 18.5 Å². The van der Waals surface area contributed by atoms with Gasteiger partial charge in [-0.1, -0.05) is 78.1 Å². The molecule has 1 aromatic carbocycles. The minimum Gasteiger partial charge on any atom is -0.494 e. The fourth-order valence-electron chi connectivity index (χ4n) is 6.32. The first kappa shape index (κ1) is 26.4. The maximum Gasteiger partial charge on any atom is 0.119 e. The van der Waals surface area contributed by atoms with Gasteiger partial charge < -0.3 is 9.47 Å². The van der Waals surface area contributed by atoms with E-state index in [-0.39, 0.29) is 0 Å². The Morgan fingerprint density at radius 3 is 1.45 bits per heavy atom. The average Bonchev–Trinajstić information content (AvgIpc) is 2.86. The third-order valence-corrected chi connectivity index (χ3v) is 8.53. The molecule has 0 N–H and O–H groups in total. The van der Waals surface area contributed by atoms with E-state index in [9.17, 15) is 0 Å². The van der Waals surface area contributed by atoms with Crippen LogP contribution in [0.4, 0.5) is 0 Å². The van der Waals surface area contributed by atoms with Gasteiger partial charge in [0.15, 0.2) is 0 Å². The van der Waals surface area contributed by atoms with Gasteiger partial charge in [-0.3, -0.25) is 0 Å². The zero-order chi connectivity index (χ0) is 23.1. The summed E-state index contributed by atoms with van der Waals surface area (Å²) >= 11 is 0. The van der Waals surface area contributed by atoms with Crippen LogP contribution < -0.4 is 9.47 Å². The second-order valence-corrected chi connectivity index (χ2v) is 11.1. The highest BCUT2D eigenvalue weighted by molar-refractivity contribution is 5.31. The van der Waals surface area contributed by atoms with Crippen LogP contribution in [-0.2, 0) is 0 Å². The van der Waals surface area contributed by atoms with Crippen LogP contribution in [0.25, 0.3) is 0 Å². The van der Waals surface area contributed by atoms with Crippen molar-refractivity contribution in [3.8, 4) is 11.5 Å². The van der Waals surface area contributed by atoms with Gasteiger partial charge in [0.05, 0.1) is 13.2 Å². The van der Waals surface area contributed by atoms with Crippen LogP contribution in [0.3, 0.4) is 0 Å². The van der Waals surface area contributed by atoms with Crippen molar-refractivity contribution in [2.45, 2.75) is 123 Å². The standard InChI is InChI=1S/C31H52O2/c1-3-5-7-10-26-12-16-28(17-13-26)29-18-14-27(15-19-29)11-9-25-33-31-22-20-30(21-23-31)32-24-8-6-4-2/h20-23,26-29H,3-19,24-25H2,1-2H3. The zero-order valence-electron chi connectivity index (χ0n) is 21.9. The molecule has 2 nitrogen and oxygen atoms in total. The van der Waals surface area contributed by atoms with E-state index in [1.54, 1.807) is 0 Å². The predicted molar refractivity (Wildman–Crippen MR) is 141 cm³/mol. The molecule has 0 spiro atoms. The molecule has 188 valence electrons. The summed E-state index contributed by atoms with van der Waals surface area (Å²) in [7, 11) is 0. The predicted octanol–water partition coefficient (Wildman–Crippen LogP) is 9.61. The highest BCUT2D eigenvalue weighted by Crippen LogP contribution is 2.43. The summed E-state index contributed by atoms with van der Waals surface area (Å²) in [6, 6.07) is 8.19. The Labute approximate surface area is 205 Å². The Hall–Kier alpha value is -1.18. The van der Waals surface area contributed by atoms with Crippen LogP contribution in [0.15, 0.2) is 24.3 Å². The van der Waals surface area contributed by atoms with E-state index in [0.29, 0.717) is 0 Å². The van der Waals surface area contributed by atoms with E-state index in [4.69, 9.17) is 9.47 Å². The molecule has 3 rings (SSSR count). The highest BCUT2D eigenvalue weighted by atomic mass is 16.5. The number of hydrogen-bond acceptors (Lipinski definition) is 2. The van der Waals surface area contributed by atoms with Crippen LogP contribution in [0.2, 0.25) is 0 Å². The minimum absolute atomic E-state index is 0.816. The molecule has 0 saturated heterocycles. The SMILES string of the molecule is CCCCCOc1ccc(OCCCC2CCC(C3CCC(CCCCC)CC3)CC2)cc1. The van der Waals surface area contributed by atoms with E-state index in [0.717, 1.165) is 54.8 Å². The maximum absolute atomic E-state index is 6.00. The van der Waals surface area contributed by atoms with Crippen LogP contribution in [0, 0.1) is 23.7 Å². The van der Waals surface area contributed by atoms with Crippen LogP contribution in [0.1, 0.15) is 123 Å². The van der Waals surface area contributed by atoms with Crippen molar-refractivity contribution in [3.05, 3.63) is 24.3 Å². The Kier molecular flexibility index (Phi) is 12.5. The van der Waals surface area contributed by atoms with Crippen LogP contribution in [-0.4, -0.2) is 13.2 Å². The molecule has 33 heavy (non-hydrogen) atoms. The summed E-state index contributed by atoms with van der Waals surface area (Å²) < 4.78 is 11.8. The van der Waals surface area contributed by atoms with Gasteiger partial charge in [0.2, 0.25) is 0 Å². The third-order valence-electron chi connectivity index (χ3n) is 8.53. The summed E-state index contributed by atoms with van der Waals surface area (Å²) in [5, 5.41) is 0. The Bertz CT molecular complexity index is 594. The number of rotatable bonds is 15. The van der Waals surface area contributed by atoms with Gasteiger partial charge >= 0.3 is 0 Å². The largest absolute Gasteiger partial charge is 0.494 e. The van der Waals surface area contributed by atoms with Crippen LogP contribution in [0.5, 0.6) is 11.5 Å². The van der Waals surface area contributed by atoms with Crippen molar-refractivity contribution in [1.29, 1.82) is 0 Å². The molecule has 0 heterocycles. The lowest BCUT2D eigenvalue weighted by Gasteiger charge is -2.38. The molecule has 0 unspecified atom stereocenters. The summed E-state index contributed by atoms with van der Waals surface area (Å²) in [4.78, 5) is 0. The minimum atomic E-state index is 0.816. The number of hydrogen-bond donors (Lipinski definition) is 0. The molecule has 2 aliphatic rings. The van der Waals surface area contributed by atoms with E-state index < -0.39 is 0 Å². The third kappa shape index (κ3) is 9.91. The van der Waals surface area contributed by atoms with Crippen molar-refractivity contribution in [3.63, 3.8) is 0 Å². The van der Waals surface area contributed by atoms with Crippen molar-refractivity contribution in [2.24, 2.45) is 23.7 Å². The molecule has 0 atom stereocenters. The van der Waals surface area contributed by atoms with Gasteiger partial charge in [0.25, 0.3) is 0 Å². The second-order valence-electron chi connectivity index (χ2n) is 11.1. The lowest BCUT2D eigenvalue weighted by Crippen LogP contribution is -2.26. The van der Waals surface area contributed by atoms with Crippen molar-refractivity contribution < 1.29 is 9.47 Å². The normalized spacial score (nSPS) is 25.6. The summed E-state index contributed by atoms with van der Waals surface area (Å²) in [5.41, 5.74) is 0.